The third-order valence-electron chi connectivity index (χ3n) is 1.45. The van der Waals surface area contributed by atoms with Crippen LogP contribution in [0, 0.1) is 12.0 Å². The zero-order valence-electron chi connectivity index (χ0n) is 6.11. The fourth-order valence-electron chi connectivity index (χ4n) is 0.892. The van der Waals surface area contributed by atoms with Gasteiger partial charge in [0, 0.05) is 0 Å². The standard InChI is InChI=1S/C8H5FN3/c9-7-1-3-8(4-2-7)12-6-5-10-11-12/h1-5H. The van der Waals surface area contributed by atoms with Crippen molar-refractivity contribution in [2.24, 2.45) is 0 Å². The lowest BCUT2D eigenvalue weighted by Gasteiger charge is -1.96. The Morgan fingerprint density at radius 2 is 2.00 bits per heavy atom. The first-order valence-electron chi connectivity index (χ1n) is 3.40. The lowest BCUT2D eigenvalue weighted by Crippen LogP contribution is -1.94. The highest BCUT2D eigenvalue weighted by Crippen LogP contribution is 2.05. The van der Waals surface area contributed by atoms with Crippen LogP contribution in [-0.2, 0) is 0 Å². The molecule has 0 fully saturated rings. The van der Waals surface area contributed by atoms with E-state index in [0.717, 1.165) is 5.69 Å². The number of aromatic nitrogens is 3. The minimum absolute atomic E-state index is 0.265. The van der Waals surface area contributed by atoms with Gasteiger partial charge in [0.25, 0.3) is 0 Å². The maximum Gasteiger partial charge on any atom is 0.123 e. The van der Waals surface area contributed by atoms with E-state index >= 15 is 0 Å². The van der Waals surface area contributed by atoms with Gasteiger partial charge in [0.2, 0.25) is 0 Å². The van der Waals surface area contributed by atoms with Crippen molar-refractivity contribution in [3.8, 4) is 5.69 Å². The number of rotatable bonds is 1. The molecule has 3 nitrogen and oxygen atoms in total. The third-order valence-corrected chi connectivity index (χ3v) is 1.45. The van der Waals surface area contributed by atoms with Crippen LogP contribution < -0.4 is 0 Å². The van der Waals surface area contributed by atoms with Crippen LogP contribution in [0.15, 0.2) is 30.5 Å². The van der Waals surface area contributed by atoms with Gasteiger partial charge in [-0.15, -0.1) is 5.10 Å². The maximum atomic E-state index is 12.5. The summed E-state index contributed by atoms with van der Waals surface area (Å²) >= 11 is 0. The van der Waals surface area contributed by atoms with E-state index in [-0.39, 0.29) is 5.82 Å². The highest BCUT2D eigenvalue weighted by Gasteiger charge is 1.95. The van der Waals surface area contributed by atoms with E-state index < -0.39 is 0 Å². The van der Waals surface area contributed by atoms with Crippen LogP contribution in [-0.4, -0.2) is 15.0 Å². The summed E-state index contributed by atoms with van der Waals surface area (Å²) in [4.78, 5) is 0. The van der Waals surface area contributed by atoms with Gasteiger partial charge in [0.05, 0.1) is 11.9 Å². The molecule has 0 amide bonds. The predicted octanol–water partition coefficient (Wildman–Crippen LogP) is 1.21. The normalized spacial score (nSPS) is 10.1. The molecule has 1 radical (unpaired) electrons. The molecule has 0 saturated carbocycles. The fourth-order valence-corrected chi connectivity index (χ4v) is 0.892. The van der Waals surface area contributed by atoms with Crippen LogP contribution in [0.2, 0.25) is 0 Å². The first-order chi connectivity index (χ1) is 5.86. The van der Waals surface area contributed by atoms with Crippen molar-refractivity contribution in [3.63, 3.8) is 0 Å². The summed E-state index contributed by atoms with van der Waals surface area (Å²) in [5, 5.41) is 7.29. The Morgan fingerprint density at radius 1 is 1.25 bits per heavy atom. The minimum Gasteiger partial charge on any atom is -0.211 e. The molecule has 0 bridgehead atoms. The predicted molar refractivity (Wildman–Crippen MR) is 40.2 cm³/mol. The molecule has 0 saturated heterocycles. The topological polar surface area (TPSA) is 30.7 Å². The SMILES string of the molecule is Fc1ccc(-n2[c]cnn2)cc1. The molecule has 0 N–H and O–H groups in total. The van der Waals surface area contributed by atoms with Crippen LogP contribution in [0.4, 0.5) is 4.39 Å². The Morgan fingerprint density at radius 3 is 2.58 bits per heavy atom. The number of nitrogens with zero attached hydrogens (tertiary/aromatic N) is 3. The van der Waals surface area contributed by atoms with Gasteiger partial charge in [-0.2, -0.15) is 0 Å². The second-order valence-electron chi connectivity index (χ2n) is 2.25. The average Bonchev–Trinajstić information content (AvgIpc) is 2.58. The van der Waals surface area contributed by atoms with Gasteiger partial charge in [-0.25, -0.2) is 9.07 Å². The van der Waals surface area contributed by atoms with E-state index in [2.05, 4.69) is 16.5 Å². The first kappa shape index (κ1) is 6.97. The summed E-state index contributed by atoms with van der Waals surface area (Å²) in [6, 6.07) is 5.96. The lowest BCUT2D eigenvalue weighted by atomic mass is 10.3. The Labute approximate surface area is 68.4 Å². The highest BCUT2D eigenvalue weighted by atomic mass is 19.1. The maximum absolute atomic E-state index is 12.5. The Bertz CT molecular complexity index is 352. The monoisotopic (exact) mass is 162 g/mol. The zero-order valence-corrected chi connectivity index (χ0v) is 6.11. The Kier molecular flexibility index (Phi) is 1.59. The van der Waals surface area contributed by atoms with E-state index in [4.69, 9.17) is 0 Å². The molecule has 4 heteroatoms. The van der Waals surface area contributed by atoms with E-state index in [0.29, 0.717) is 0 Å². The molecule has 0 aliphatic carbocycles. The van der Waals surface area contributed by atoms with E-state index in [9.17, 15) is 4.39 Å². The number of benzene rings is 1. The smallest absolute Gasteiger partial charge is 0.123 e. The highest BCUT2D eigenvalue weighted by molar-refractivity contribution is 5.29. The van der Waals surface area contributed by atoms with Crippen LogP contribution in [0.3, 0.4) is 0 Å². The largest absolute Gasteiger partial charge is 0.211 e. The summed E-state index contributed by atoms with van der Waals surface area (Å²) in [5.74, 6) is -0.265. The van der Waals surface area contributed by atoms with Crippen molar-refractivity contribution in [1.82, 2.24) is 15.0 Å². The number of hydrogen-bond acceptors (Lipinski definition) is 2. The summed E-state index contributed by atoms with van der Waals surface area (Å²) < 4.78 is 13.9. The summed E-state index contributed by atoms with van der Waals surface area (Å²) in [6.45, 7) is 0. The van der Waals surface area contributed by atoms with E-state index in [1.807, 2.05) is 0 Å². The second-order valence-corrected chi connectivity index (χ2v) is 2.25. The van der Waals surface area contributed by atoms with Crippen LogP contribution in [0.25, 0.3) is 5.69 Å². The molecule has 2 aromatic rings. The van der Waals surface area contributed by atoms with Crippen LogP contribution in [0.1, 0.15) is 0 Å². The fraction of sp³-hybridized carbons (Fsp3) is 0. The second kappa shape index (κ2) is 2.73. The molecule has 12 heavy (non-hydrogen) atoms. The third kappa shape index (κ3) is 1.18. The number of halogens is 1. The van der Waals surface area contributed by atoms with Gasteiger partial charge in [-0.05, 0) is 24.3 Å². The van der Waals surface area contributed by atoms with Crippen molar-refractivity contribution in [1.29, 1.82) is 0 Å². The molecular formula is C8H5FN3. The van der Waals surface area contributed by atoms with Crippen LogP contribution >= 0.6 is 0 Å². The molecule has 2 rings (SSSR count). The van der Waals surface area contributed by atoms with Gasteiger partial charge in [-0.3, -0.25) is 0 Å². The van der Waals surface area contributed by atoms with Crippen molar-refractivity contribution in [2.75, 3.05) is 0 Å². The van der Waals surface area contributed by atoms with Gasteiger partial charge >= 0.3 is 0 Å². The van der Waals surface area contributed by atoms with Crippen molar-refractivity contribution < 1.29 is 4.39 Å². The molecule has 0 spiro atoms. The quantitative estimate of drug-likeness (QED) is 0.630. The Hall–Kier alpha value is -1.71. The Balaban J connectivity index is 2.43. The molecule has 1 heterocycles. The van der Waals surface area contributed by atoms with Crippen molar-refractivity contribution >= 4 is 0 Å². The van der Waals surface area contributed by atoms with Gasteiger partial charge in [-0.1, -0.05) is 5.21 Å². The first-order valence-corrected chi connectivity index (χ1v) is 3.40. The van der Waals surface area contributed by atoms with E-state index in [1.54, 1.807) is 12.1 Å². The summed E-state index contributed by atoms with van der Waals surface area (Å²) in [6.07, 6.45) is 4.19. The molecule has 0 unspecified atom stereocenters. The lowest BCUT2D eigenvalue weighted by molar-refractivity contribution is 0.626. The summed E-state index contributed by atoms with van der Waals surface area (Å²) in [7, 11) is 0. The molecule has 0 atom stereocenters. The molecule has 1 aromatic heterocycles. The molecule has 0 aliphatic heterocycles. The van der Waals surface area contributed by atoms with Gasteiger partial charge in [0.15, 0.2) is 0 Å². The molecule has 0 aliphatic rings. The van der Waals surface area contributed by atoms with Crippen molar-refractivity contribution in [2.45, 2.75) is 0 Å². The average molecular weight is 162 g/mol. The number of hydrogen-bond donors (Lipinski definition) is 0. The minimum atomic E-state index is -0.265. The molecule has 59 valence electrons. The van der Waals surface area contributed by atoms with E-state index in [1.165, 1.54) is 23.0 Å². The molecular weight excluding hydrogens is 157 g/mol. The van der Waals surface area contributed by atoms with Gasteiger partial charge in [0.1, 0.15) is 12.0 Å². The summed E-state index contributed by atoms with van der Waals surface area (Å²) in [5.41, 5.74) is 0.744. The van der Waals surface area contributed by atoms with Gasteiger partial charge < -0.3 is 0 Å². The zero-order chi connectivity index (χ0) is 8.39. The van der Waals surface area contributed by atoms with Crippen molar-refractivity contribution in [3.05, 3.63) is 42.5 Å². The van der Waals surface area contributed by atoms with Crippen LogP contribution in [0.5, 0.6) is 0 Å². The molecule has 1 aromatic carbocycles.